The van der Waals surface area contributed by atoms with Gasteiger partial charge in [-0.3, -0.25) is 15.0 Å². The van der Waals surface area contributed by atoms with Gasteiger partial charge in [0.15, 0.2) is 0 Å². The summed E-state index contributed by atoms with van der Waals surface area (Å²) in [4.78, 5) is 26.1. The minimum atomic E-state index is -1.71. The van der Waals surface area contributed by atoms with E-state index >= 15 is 0 Å². The quantitative estimate of drug-likeness (QED) is 0.596. The van der Waals surface area contributed by atoms with Gasteiger partial charge in [-0.15, -0.1) is 0 Å². The van der Waals surface area contributed by atoms with Crippen LogP contribution in [0.2, 0.25) is 0 Å². The Morgan fingerprint density at radius 1 is 1.07 bits per heavy atom. The van der Waals surface area contributed by atoms with Crippen LogP contribution < -0.4 is 4.90 Å². The van der Waals surface area contributed by atoms with Crippen LogP contribution in [-0.4, -0.2) is 53.6 Å². The SMILES string of the molecule is O=C(O)C(c1cccc(CCN2CCN(c3ccccc3)CC2)c1)[N+](=O)[O-]. The number of para-hydroxylation sites is 1. The number of anilines is 1. The van der Waals surface area contributed by atoms with E-state index in [9.17, 15) is 14.9 Å². The van der Waals surface area contributed by atoms with Crippen molar-refractivity contribution < 1.29 is 14.8 Å². The highest BCUT2D eigenvalue weighted by molar-refractivity contribution is 5.74. The minimum Gasteiger partial charge on any atom is -0.476 e. The molecule has 1 unspecified atom stereocenters. The molecule has 2 aromatic carbocycles. The van der Waals surface area contributed by atoms with Gasteiger partial charge in [0.2, 0.25) is 0 Å². The topological polar surface area (TPSA) is 86.9 Å². The van der Waals surface area contributed by atoms with Crippen molar-refractivity contribution in [3.8, 4) is 0 Å². The van der Waals surface area contributed by atoms with Crippen LogP contribution >= 0.6 is 0 Å². The molecule has 1 heterocycles. The van der Waals surface area contributed by atoms with Crippen LogP contribution in [0.5, 0.6) is 0 Å². The molecule has 142 valence electrons. The van der Waals surface area contributed by atoms with Crippen molar-refractivity contribution >= 4 is 11.7 Å². The molecule has 2 aromatic rings. The molecule has 1 fully saturated rings. The Morgan fingerprint density at radius 2 is 1.78 bits per heavy atom. The molecule has 0 aliphatic carbocycles. The van der Waals surface area contributed by atoms with E-state index in [1.54, 1.807) is 12.1 Å². The fourth-order valence-electron chi connectivity index (χ4n) is 3.43. The molecule has 27 heavy (non-hydrogen) atoms. The zero-order valence-electron chi connectivity index (χ0n) is 15.0. The maximum atomic E-state index is 11.2. The average Bonchev–Trinajstić information content (AvgIpc) is 2.67. The molecule has 1 aliphatic rings. The van der Waals surface area contributed by atoms with Crippen LogP contribution in [0.25, 0.3) is 0 Å². The van der Waals surface area contributed by atoms with Crippen molar-refractivity contribution in [3.63, 3.8) is 0 Å². The molecule has 7 heteroatoms. The van der Waals surface area contributed by atoms with Crippen LogP contribution in [0.4, 0.5) is 5.69 Å². The zero-order chi connectivity index (χ0) is 19.2. The Morgan fingerprint density at radius 3 is 2.41 bits per heavy atom. The predicted molar refractivity (Wildman–Crippen MR) is 103 cm³/mol. The summed E-state index contributed by atoms with van der Waals surface area (Å²) in [5.74, 6) is -1.44. The molecule has 0 aromatic heterocycles. The van der Waals surface area contributed by atoms with E-state index in [0.717, 1.165) is 44.7 Å². The number of carboxylic acids is 1. The lowest BCUT2D eigenvalue weighted by atomic mass is 10.0. The standard InChI is InChI=1S/C20H23N3O4/c24-20(25)19(23(26)27)17-6-4-5-16(15-17)9-10-21-11-13-22(14-12-21)18-7-2-1-3-8-18/h1-8,15,19H,9-14H2,(H,24,25). The lowest BCUT2D eigenvalue weighted by Crippen LogP contribution is -2.46. The first kappa shape index (κ1) is 18.8. The molecule has 3 rings (SSSR count). The van der Waals surface area contributed by atoms with Gasteiger partial charge >= 0.3 is 12.0 Å². The number of nitrogens with zero attached hydrogens (tertiary/aromatic N) is 3. The van der Waals surface area contributed by atoms with Crippen molar-refractivity contribution in [2.75, 3.05) is 37.6 Å². The summed E-state index contributed by atoms with van der Waals surface area (Å²) in [5, 5.41) is 20.1. The molecule has 0 bridgehead atoms. The van der Waals surface area contributed by atoms with E-state index in [4.69, 9.17) is 5.11 Å². The maximum Gasteiger partial charge on any atom is 0.384 e. The normalized spacial score (nSPS) is 16.1. The van der Waals surface area contributed by atoms with Crippen molar-refractivity contribution in [2.45, 2.75) is 12.5 Å². The summed E-state index contributed by atoms with van der Waals surface area (Å²) in [6, 6.07) is 15.4. The molecular formula is C20H23N3O4. The van der Waals surface area contributed by atoms with Crippen LogP contribution in [-0.2, 0) is 11.2 Å². The predicted octanol–water partition coefficient (Wildman–Crippen LogP) is 2.45. The lowest BCUT2D eigenvalue weighted by Gasteiger charge is -2.36. The molecule has 0 saturated carbocycles. The van der Waals surface area contributed by atoms with Crippen LogP contribution in [0.15, 0.2) is 54.6 Å². The number of piperazine rings is 1. The second kappa shape index (κ2) is 8.64. The summed E-state index contributed by atoms with van der Waals surface area (Å²) in [5.41, 5.74) is 2.38. The first-order valence-corrected chi connectivity index (χ1v) is 9.02. The smallest absolute Gasteiger partial charge is 0.384 e. The number of aliphatic carboxylic acids is 1. The molecular weight excluding hydrogens is 346 g/mol. The zero-order valence-corrected chi connectivity index (χ0v) is 15.0. The van der Waals surface area contributed by atoms with Gasteiger partial charge in [0.1, 0.15) is 0 Å². The second-order valence-electron chi connectivity index (χ2n) is 6.69. The van der Waals surface area contributed by atoms with Crippen molar-refractivity contribution in [2.24, 2.45) is 0 Å². The van der Waals surface area contributed by atoms with Gasteiger partial charge in [0, 0.05) is 48.9 Å². The van der Waals surface area contributed by atoms with Gasteiger partial charge in [0.05, 0.1) is 0 Å². The largest absolute Gasteiger partial charge is 0.476 e. The highest BCUT2D eigenvalue weighted by Gasteiger charge is 2.31. The Balaban J connectivity index is 1.55. The van der Waals surface area contributed by atoms with Crippen LogP contribution in [0.1, 0.15) is 17.2 Å². The third-order valence-corrected chi connectivity index (χ3v) is 4.92. The Hall–Kier alpha value is -2.93. The monoisotopic (exact) mass is 369 g/mol. The first-order chi connectivity index (χ1) is 13.0. The number of hydrogen-bond acceptors (Lipinski definition) is 5. The van der Waals surface area contributed by atoms with Gasteiger partial charge in [-0.1, -0.05) is 36.4 Å². The number of benzene rings is 2. The Bertz CT molecular complexity index is 775. The Labute approximate surface area is 158 Å². The maximum absolute atomic E-state index is 11.2. The van der Waals surface area contributed by atoms with Gasteiger partial charge < -0.3 is 10.0 Å². The lowest BCUT2D eigenvalue weighted by molar-refractivity contribution is -0.516. The number of hydrogen-bond donors (Lipinski definition) is 1. The van der Waals surface area contributed by atoms with Crippen molar-refractivity contribution in [3.05, 3.63) is 75.8 Å². The van der Waals surface area contributed by atoms with E-state index in [1.165, 1.54) is 11.8 Å². The summed E-state index contributed by atoms with van der Waals surface area (Å²) < 4.78 is 0. The molecule has 1 N–H and O–H groups in total. The third-order valence-electron chi connectivity index (χ3n) is 4.92. The first-order valence-electron chi connectivity index (χ1n) is 9.02. The highest BCUT2D eigenvalue weighted by atomic mass is 16.6. The molecule has 0 radical (unpaired) electrons. The van der Waals surface area contributed by atoms with Gasteiger partial charge in [0.25, 0.3) is 0 Å². The van der Waals surface area contributed by atoms with Crippen molar-refractivity contribution in [1.82, 2.24) is 4.90 Å². The number of carboxylic acid groups (broad SMARTS) is 1. The van der Waals surface area contributed by atoms with Gasteiger partial charge in [-0.05, 0) is 30.2 Å². The van der Waals surface area contributed by atoms with Gasteiger partial charge in [-0.25, -0.2) is 4.79 Å². The molecule has 0 amide bonds. The average molecular weight is 369 g/mol. The fraction of sp³-hybridized carbons (Fsp3) is 0.350. The van der Waals surface area contributed by atoms with E-state index in [2.05, 4.69) is 21.9 Å². The third kappa shape index (κ3) is 4.83. The number of nitro groups is 1. The number of carbonyl (C=O) groups is 1. The second-order valence-corrected chi connectivity index (χ2v) is 6.69. The molecule has 0 spiro atoms. The van der Waals surface area contributed by atoms with Crippen LogP contribution in [0.3, 0.4) is 0 Å². The van der Waals surface area contributed by atoms with Gasteiger partial charge in [-0.2, -0.15) is 0 Å². The molecule has 1 saturated heterocycles. The molecule has 1 aliphatic heterocycles. The number of rotatable bonds is 7. The minimum absolute atomic E-state index is 0.221. The Kier molecular flexibility index (Phi) is 6.03. The summed E-state index contributed by atoms with van der Waals surface area (Å²) in [6.07, 6.45) is 0.739. The van der Waals surface area contributed by atoms with E-state index in [-0.39, 0.29) is 5.56 Å². The van der Waals surface area contributed by atoms with E-state index in [1.807, 2.05) is 24.3 Å². The highest BCUT2D eigenvalue weighted by Crippen LogP contribution is 2.19. The van der Waals surface area contributed by atoms with Crippen molar-refractivity contribution in [1.29, 1.82) is 0 Å². The fourth-order valence-corrected chi connectivity index (χ4v) is 3.43. The summed E-state index contributed by atoms with van der Waals surface area (Å²) in [7, 11) is 0. The molecule has 1 atom stereocenters. The summed E-state index contributed by atoms with van der Waals surface area (Å²) in [6.45, 7) is 4.70. The van der Waals surface area contributed by atoms with E-state index in [0.29, 0.717) is 0 Å². The van der Waals surface area contributed by atoms with E-state index < -0.39 is 16.9 Å². The summed E-state index contributed by atoms with van der Waals surface area (Å²) >= 11 is 0. The molecule has 7 nitrogen and oxygen atoms in total. The van der Waals surface area contributed by atoms with Crippen LogP contribution in [0, 0.1) is 10.1 Å².